The molecule has 3 aliphatic rings. The first kappa shape index (κ1) is 13.4. The Labute approximate surface area is 115 Å². The van der Waals surface area contributed by atoms with Crippen molar-refractivity contribution in [3.8, 4) is 0 Å². The SMILES string of the molecule is CC(NC(=O)CN1CCC(O)C1)C1CC2CCC1C2. The molecule has 5 unspecified atom stereocenters. The second kappa shape index (κ2) is 5.41. The molecule has 2 saturated carbocycles. The van der Waals surface area contributed by atoms with Crippen molar-refractivity contribution < 1.29 is 9.90 Å². The van der Waals surface area contributed by atoms with E-state index < -0.39 is 0 Å². The van der Waals surface area contributed by atoms with Crippen LogP contribution in [0.4, 0.5) is 0 Å². The number of hydrogen-bond donors (Lipinski definition) is 2. The van der Waals surface area contributed by atoms with Gasteiger partial charge in [0.1, 0.15) is 0 Å². The van der Waals surface area contributed by atoms with Crippen molar-refractivity contribution in [1.29, 1.82) is 0 Å². The molecule has 108 valence electrons. The molecule has 4 nitrogen and oxygen atoms in total. The van der Waals surface area contributed by atoms with Gasteiger partial charge in [0, 0.05) is 19.1 Å². The summed E-state index contributed by atoms with van der Waals surface area (Å²) in [5, 5.41) is 12.7. The molecule has 1 heterocycles. The minimum absolute atomic E-state index is 0.129. The largest absolute Gasteiger partial charge is 0.392 e. The number of nitrogens with one attached hydrogen (secondary N) is 1. The number of nitrogens with zero attached hydrogens (tertiary/aromatic N) is 1. The summed E-state index contributed by atoms with van der Waals surface area (Å²) in [6.45, 7) is 4.11. The molecule has 5 atom stereocenters. The molecule has 2 bridgehead atoms. The smallest absolute Gasteiger partial charge is 0.234 e. The average molecular weight is 266 g/mol. The molecule has 0 aromatic rings. The van der Waals surface area contributed by atoms with Gasteiger partial charge in [-0.1, -0.05) is 6.42 Å². The third kappa shape index (κ3) is 2.95. The average Bonchev–Trinajstić information content (AvgIpc) is 3.05. The molecule has 0 radical (unpaired) electrons. The maximum Gasteiger partial charge on any atom is 0.234 e. The van der Waals surface area contributed by atoms with Gasteiger partial charge in [-0.05, 0) is 50.4 Å². The van der Waals surface area contributed by atoms with E-state index in [0.29, 0.717) is 25.0 Å². The van der Waals surface area contributed by atoms with E-state index >= 15 is 0 Å². The van der Waals surface area contributed by atoms with Crippen LogP contribution in [0.5, 0.6) is 0 Å². The van der Waals surface area contributed by atoms with Crippen molar-refractivity contribution in [3.63, 3.8) is 0 Å². The highest BCUT2D eigenvalue weighted by atomic mass is 16.3. The van der Waals surface area contributed by atoms with Crippen LogP contribution in [-0.4, -0.2) is 47.7 Å². The van der Waals surface area contributed by atoms with Gasteiger partial charge in [-0.3, -0.25) is 9.69 Å². The third-order valence-corrected chi connectivity index (χ3v) is 5.44. The lowest BCUT2D eigenvalue weighted by Crippen LogP contribution is -2.44. The Balaban J connectivity index is 1.44. The minimum Gasteiger partial charge on any atom is -0.392 e. The monoisotopic (exact) mass is 266 g/mol. The Bertz CT molecular complexity index is 347. The van der Waals surface area contributed by atoms with Gasteiger partial charge in [0.15, 0.2) is 0 Å². The van der Waals surface area contributed by atoms with Gasteiger partial charge in [0.05, 0.1) is 12.6 Å². The molecular weight excluding hydrogens is 240 g/mol. The molecule has 2 aliphatic carbocycles. The van der Waals surface area contributed by atoms with Gasteiger partial charge in [-0.15, -0.1) is 0 Å². The van der Waals surface area contributed by atoms with Gasteiger partial charge >= 0.3 is 0 Å². The van der Waals surface area contributed by atoms with E-state index in [2.05, 4.69) is 12.2 Å². The maximum atomic E-state index is 12.0. The molecule has 19 heavy (non-hydrogen) atoms. The van der Waals surface area contributed by atoms with E-state index in [1.54, 1.807) is 0 Å². The van der Waals surface area contributed by atoms with Crippen molar-refractivity contribution in [1.82, 2.24) is 10.2 Å². The van der Waals surface area contributed by atoms with Gasteiger partial charge in [0.25, 0.3) is 0 Å². The summed E-state index contributed by atoms with van der Waals surface area (Å²) in [5.74, 6) is 2.62. The van der Waals surface area contributed by atoms with Crippen molar-refractivity contribution in [2.45, 2.75) is 51.2 Å². The number of carbonyl (C=O) groups is 1. The number of fused-ring (bicyclic) bond motifs is 2. The lowest BCUT2D eigenvalue weighted by atomic mass is 9.84. The zero-order valence-electron chi connectivity index (χ0n) is 11.8. The summed E-state index contributed by atoms with van der Waals surface area (Å²) in [6.07, 6.45) is 6.05. The normalized spacial score (nSPS) is 39.7. The van der Waals surface area contributed by atoms with Crippen molar-refractivity contribution in [2.24, 2.45) is 17.8 Å². The molecule has 1 aliphatic heterocycles. The second-order valence-corrected chi connectivity index (χ2v) is 6.87. The van der Waals surface area contributed by atoms with E-state index in [4.69, 9.17) is 0 Å². The van der Waals surface area contributed by atoms with Crippen LogP contribution in [0.15, 0.2) is 0 Å². The molecule has 1 saturated heterocycles. The number of hydrogen-bond acceptors (Lipinski definition) is 3. The number of amides is 1. The molecule has 0 aromatic heterocycles. The van der Waals surface area contributed by atoms with Crippen LogP contribution < -0.4 is 5.32 Å². The van der Waals surface area contributed by atoms with Crippen molar-refractivity contribution >= 4 is 5.91 Å². The maximum absolute atomic E-state index is 12.0. The Morgan fingerprint density at radius 3 is 2.79 bits per heavy atom. The molecule has 0 aromatic carbocycles. The Hall–Kier alpha value is -0.610. The van der Waals surface area contributed by atoms with E-state index in [1.165, 1.54) is 25.7 Å². The number of aliphatic hydroxyl groups excluding tert-OH is 1. The fourth-order valence-electron chi connectivity index (χ4n) is 4.47. The summed E-state index contributed by atoms with van der Waals surface area (Å²) in [6, 6.07) is 0.315. The number of aliphatic hydroxyl groups is 1. The lowest BCUT2D eigenvalue weighted by molar-refractivity contribution is -0.123. The van der Waals surface area contributed by atoms with Crippen molar-refractivity contribution in [2.75, 3.05) is 19.6 Å². The highest BCUT2D eigenvalue weighted by Crippen LogP contribution is 2.49. The van der Waals surface area contributed by atoms with Crippen LogP contribution in [0.1, 0.15) is 39.0 Å². The summed E-state index contributed by atoms with van der Waals surface area (Å²) >= 11 is 0. The molecule has 3 rings (SSSR count). The number of rotatable bonds is 4. The number of likely N-dealkylation sites (tertiary alicyclic amines) is 1. The first-order valence-electron chi connectivity index (χ1n) is 7.81. The topological polar surface area (TPSA) is 52.6 Å². The Morgan fingerprint density at radius 2 is 2.21 bits per heavy atom. The van der Waals surface area contributed by atoms with E-state index in [0.717, 1.165) is 24.8 Å². The van der Waals surface area contributed by atoms with Crippen LogP contribution in [0.2, 0.25) is 0 Å². The Morgan fingerprint density at radius 1 is 1.37 bits per heavy atom. The molecular formula is C15H26N2O2. The zero-order valence-corrected chi connectivity index (χ0v) is 11.8. The first-order valence-corrected chi connectivity index (χ1v) is 7.81. The minimum atomic E-state index is -0.240. The van der Waals surface area contributed by atoms with Gasteiger partial charge in [-0.2, -0.15) is 0 Å². The molecule has 4 heteroatoms. The van der Waals surface area contributed by atoms with Crippen LogP contribution in [0.25, 0.3) is 0 Å². The van der Waals surface area contributed by atoms with E-state index in [-0.39, 0.29) is 12.0 Å². The standard InChI is InChI=1S/C15H26N2O2/c1-10(14-7-11-2-3-12(14)6-11)16-15(19)9-17-5-4-13(18)8-17/h10-14,18H,2-9H2,1H3,(H,16,19). The summed E-state index contributed by atoms with van der Waals surface area (Å²) in [4.78, 5) is 14.1. The van der Waals surface area contributed by atoms with Crippen LogP contribution in [0.3, 0.4) is 0 Å². The van der Waals surface area contributed by atoms with Crippen LogP contribution >= 0.6 is 0 Å². The van der Waals surface area contributed by atoms with E-state index in [9.17, 15) is 9.90 Å². The van der Waals surface area contributed by atoms with E-state index in [1.807, 2.05) is 4.90 Å². The predicted molar refractivity (Wildman–Crippen MR) is 73.6 cm³/mol. The fourth-order valence-corrected chi connectivity index (χ4v) is 4.47. The molecule has 0 spiro atoms. The summed E-state index contributed by atoms with van der Waals surface area (Å²) in [7, 11) is 0. The van der Waals surface area contributed by atoms with Gasteiger partial charge in [-0.25, -0.2) is 0 Å². The highest BCUT2D eigenvalue weighted by molar-refractivity contribution is 5.78. The number of carbonyl (C=O) groups excluding carboxylic acids is 1. The van der Waals surface area contributed by atoms with Gasteiger partial charge in [0.2, 0.25) is 5.91 Å². The molecule has 1 amide bonds. The fraction of sp³-hybridized carbons (Fsp3) is 0.933. The summed E-state index contributed by atoms with van der Waals surface area (Å²) in [5.41, 5.74) is 0. The second-order valence-electron chi connectivity index (χ2n) is 6.87. The van der Waals surface area contributed by atoms with Crippen molar-refractivity contribution in [3.05, 3.63) is 0 Å². The zero-order chi connectivity index (χ0) is 13.4. The molecule has 3 fully saturated rings. The highest BCUT2D eigenvalue weighted by Gasteiger charge is 2.42. The van der Waals surface area contributed by atoms with Crippen LogP contribution in [-0.2, 0) is 4.79 Å². The summed E-state index contributed by atoms with van der Waals surface area (Å²) < 4.78 is 0. The van der Waals surface area contributed by atoms with Gasteiger partial charge < -0.3 is 10.4 Å². The first-order chi connectivity index (χ1) is 9.11. The third-order valence-electron chi connectivity index (χ3n) is 5.44. The molecule has 2 N–H and O–H groups in total. The number of β-amino-alcohol motifs (C(OH)–C–C–N with tert-alkyl or cyclic N) is 1. The van der Waals surface area contributed by atoms with Crippen LogP contribution in [0, 0.1) is 17.8 Å². The lowest BCUT2D eigenvalue weighted by Gasteiger charge is -2.29. The Kier molecular flexibility index (Phi) is 3.81. The predicted octanol–water partition coefficient (Wildman–Crippen LogP) is 0.994. The quantitative estimate of drug-likeness (QED) is 0.798.